The number of benzene rings is 2. The van der Waals surface area contributed by atoms with Crippen LogP contribution in [0.15, 0.2) is 54.9 Å². The molecular formula is C16H15N3O. The van der Waals surface area contributed by atoms with E-state index in [-0.39, 0.29) is 11.8 Å². The molecule has 1 heterocycles. The molecule has 1 unspecified atom stereocenters. The third kappa shape index (κ3) is 2.60. The van der Waals surface area contributed by atoms with Gasteiger partial charge >= 0.3 is 0 Å². The SMILES string of the molecule is NC(Cc1ccc(O)cc1)c1ccc2nccnc2c1. The molecule has 0 aliphatic carbocycles. The molecule has 100 valence electrons. The van der Waals surface area contributed by atoms with Crippen molar-refractivity contribution in [3.63, 3.8) is 0 Å². The van der Waals surface area contributed by atoms with E-state index in [1.165, 1.54) is 0 Å². The van der Waals surface area contributed by atoms with E-state index in [4.69, 9.17) is 5.73 Å². The third-order valence-corrected chi connectivity index (χ3v) is 3.31. The number of hydrogen-bond acceptors (Lipinski definition) is 4. The summed E-state index contributed by atoms with van der Waals surface area (Å²) in [4.78, 5) is 8.54. The molecular weight excluding hydrogens is 250 g/mol. The number of aromatic nitrogens is 2. The molecule has 4 nitrogen and oxygen atoms in total. The average Bonchev–Trinajstić information content (AvgIpc) is 2.49. The first kappa shape index (κ1) is 12.6. The zero-order valence-corrected chi connectivity index (χ0v) is 10.9. The number of hydrogen-bond donors (Lipinski definition) is 2. The van der Waals surface area contributed by atoms with E-state index in [2.05, 4.69) is 9.97 Å². The number of nitrogens with zero attached hydrogens (tertiary/aromatic N) is 2. The molecule has 3 aromatic rings. The molecule has 3 rings (SSSR count). The predicted octanol–water partition coefficient (Wildman–Crippen LogP) is 2.58. The number of fused-ring (bicyclic) bond motifs is 1. The molecule has 1 aromatic heterocycles. The number of phenols is 1. The van der Waals surface area contributed by atoms with E-state index in [1.54, 1.807) is 24.5 Å². The van der Waals surface area contributed by atoms with Crippen molar-refractivity contribution in [1.29, 1.82) is 0 Å². The first-order valence-corrected chi connectivity index (χ1v) is 6.46. The summed E-state index contributed by atoms with van der Waals surface area (Å²) in [6, 6.07) is 12.9. The second-order valence-electron chi connectivity index (χ2n) is 4.78. The Morgan fingerprint density at radius 3 is 2.40 bits per heavy atom. The number of phenolic OH excluding ortho intramolecular Hbond substituents is 1. The Balaban J connectivity index is 1.84. The van der Waals surface area contributed by atoms with Crippen LogP contribution in [0.3, 0.4) is 0 Å². The fraction of sp³-hybridized carbons (Fsp3) is 0.125. The Morgan fingerprint density at radius 1 is 0.950 bits per heavy atom. The van der Waals surface area contributed by atoms with Crippen LogP contribution in [0.4, 0.5) is 0 Å². The van der Waals surface area contributed by atoms with Crippen molar-refractivity contribution in [1.82, 2.24) is 9.97 Å². The van der Waals surface area contributed by atoms with Gasteiger partial charge in [-0.1, -0.05) is 18.2 Å². The zero-order chi connectivity index (χ0) is 13.9. The molecule has 0 aliphatic rings. The molecule has 0 amide bonds. The Hall–Kier alpha value is -2.46. The van der Waals surface area contributed by atoms with Crippen LogP contribution in [0, 0.1) is 0 Å². The van der Waals surface area contributed by atoms with Gasteiger partial charge in [0, 0.05) is 18.4 Å². The smallest absolute Gasteiger partial charge is 0.115 e. The Morgan fingerprint density at radius 2 is 1.65 bits per heavy atom. The summed E-state index contributed by atoms with van der Waals surface area (Å²) < 4.78 is 0. The predicted molar refractivity (Wildman–Crippen MR) is 78.3 cm³/mol. The van der Waals surface area contributed by atoms with E-state index in [0.29, 0.717) is 6.42 Å². The lowest BCUT2D eigenvalue weighted by atomic mass is 9.99. The van der Waals surface area contributed by atoms with Crippen LogP contribution >= 0.6 is 0 Å². The maximum absolute atomic E-state index is 9.28. The third-order valence-electron chi connectivity index (χ3n) is 3.31. The van der Waals surface area contributed by atoms with Gasteiger partial charge in [0.15, 0.2) is 0 Å². The highest BCUT2D eigenvalue weighted by molar-refractivity contribution is 5.74. The van der Waals surface area contributed by atoms with E-state index in [0.717, 1.165) is 22.2 Å². The molecule has 0 spiro atoms. The van der Waals surface area contributed by atoms with Crippen molar-refractivity contribution < 1.29 is 5.11 Å². The minimum absolute atomic E-state index is 0.106. The quantitative estimate of drug-likeness (QED) is 0.763. The molecule has 2 aromatic carbocycles. The van der Waals surface area contributed by atoms with Crippen molar-refractivity contribution in [3.8, 4) is 5.75 Å². The fourth-order valence-corrected chi connectivity index (χ4v) is 2.21. The van der Waals surface area contributed by atoms with Crippen LogP contribution in [-0.2, 0) is 6.42 Å². The molecule has 0 saturated carbocycles. The molecule has 20 heavy (non-hydrogen) atoms. The minimum Gasteiger partial charge on any atom is -0.508 e. The Bertz CT molecular complexity index is 725. The van der Waals surface area contributed by atoms with Gasteiger partial charge in [0.1, 0.15) is 5.75 Å². The largest absolute Gasteiger partial charge is 0.508 e. The molecule has 0 bridgehead atoms. The second-order valence-corrected chi connectivity index (χ2v) is 4.78. The van der Waals surface area contributed by atoms with Gasteiger partial charge in [-0.25, -0.2) is 0 Å². The van der Waals surface area contributed by atoms with Crippen molar-refractivity contribution in [2.75, 3.05) is 0 Å². The molecule has 0 saturated heterocycles. The summed E-state index contributed by atoms with van der Waals surface area (Å²) >= 11 is 0. The van der Waals surface area contributed by atoms with Crippen LogP contribution in [0.25, 0.3) is 11.0 Å². The maximum Gasteiger partial charge on any atom is 0.115 e. The molecule has 3 N–H and O–H groups in total. The zero-order valence-electron chi connectivity index (χ0n) is 10.9. The van der Waals surface area contributed by atoms with Crippen LogP contribution in [0.1, 0.15) is 17.2 Å². The van der Waals surface area contributed by atoms with Crippen molar-refractivity contribution in [2.24, 2.45) is 5.73 Å². The van der Waals surface area contributed by atoms with Crippen LogP contribution in [0.2, 0.25) is 0 Å². The lowest BCUT2D eigenvalue weighted by Crippen LogP contribution is -2.13. The molecule has 1 atom stereocenters. The topological polar surface area (TPSA) is 72.0 Å². The number of rotatable bonds is 3. The summed E-state index contributed by atoms with van der Waals surface area (Å²) in [6.45, 7) is 0. The average molecular weight is 265 g/mol. The summed E-state index contributed by atoms with van der Waals surface area (Å²) in [5.41, 5.74) is 10.1. The van der Waals surface area contributed by atoms with Gasteiger partial charge in [0.2, 0.25) is 0 Å². The van der Waals surface area contributed by atoms with Gasteiger partial charge in [-0.3, -0.25) is 9.97 Å². The number of nitrogens with two attached hydrogens (primary N) is 1. The highest BCUT2D eigenvalue weighted by Crippen LogP contribution is 2.20. The Kier molecular flexibility index (Phi) is 3.31. The van der Waals surface area contributed by atoms with Gasteiger partial charge in [-0.15, -0.1) is 0 Å². The van der Waals surface area contributed by atoms with E-state index in [1.807, 2.05) is 30.3 Å². The highest BCUT2D eigenvalue weighted by atomic mass is 16.3. The maximum atomic E-state index is 9.28. The van der Waals surface area contributed by atoms with E-state index < -0.39 is 0 Å². The highest BCUT2D eigenvalue weighted by Gasteiger charge is 2.08. The summed E-state index contributed by atoms with van der Waals surface area (Å²) in [6.07, 6.45) is 4.07. The molecule has 0 aliphatic heterocycles. The monoisotopic (exact) mass is 265 g/mol. The molecule has 0 radical (unpaired) electrons. The van der Waals surface area contributed by atoms with Crippen LogP contribution < -0.4 is 5.73 Å². The second kappa shape index (κ2) is 5.27. The first-order valence-electron chi connectivity index (χ1n) is 6.46. The first-order chi connectivity index (χ1) is 9.72. The summed E-state index contributed by atoms with van der Waals surface area (Å²) in [5.74, 6) is 0.267. The summed E-state index contributed by atoms with van der Waals surface area (Å²) in [7, 11) is 0. The van der Waals surface area contributed by atoms with Crippen LogP contribution in [0.5, 0.6) is 5.75 Å². The lowest BCUT2D eigenvalue weighted by Gasteiger charge is -2.12. The van der Waals surface area contributed by atoms with Crippen molar-refractivity contribution in [2.45, 2.75) is 12.5 Å². The molecule has 4 heteroatoms. The van der Waals surface area contributed by atoms with Gasteiger partial charge in [-0.05, 0) is 41.8 Å². The standard InChI is InChI=1S/C16H15N3O/c17-14(9-11-1-4-13(20)5-2-11)12-3-6-15-16(10-12)19-8-7-18-15/h1-8,10,14,20H,9,17H2. The normalized spacial score (nSPS) is 12.4. The van der Waals surface area contributed by atoms with Gasteiger partial charge in [-0.2, -0.15) is 0 Å². The Labute approximate surface area is 116 Å². The van der Waals surface area contributed by atoms with Crippen molar-refractivity contribution >= 4 is 11.0 Å². The van der Waals surface area contributed by atoms with Gasteiger partial charge in [0.05, 0.1) is 11.0 Å². The summed E-state index contributed by atoms with van der Waals surface area (Å²) in [5, 5.41) is 9.28. The fourth-order valence-electron chi connectivity index (χ4n) is 2.21. The van der Waals surface area contributed by atoms with E-state index in [9.17, 15) is 5.11 Å². The van der Waals surface area contributed by atoms with Crippen molar-refractivity contribution in [3.05, 3.63) is 66.0 Å². The van der Waals surface area contributed by atoms with Gasteiger partial charge < -0.3 is 10.8 Å². The number of aromatic hydroxyl groups is 1. The van der Waals surface area contributed by atoms with Gasteiger partial charge in [0.25, 0.3) is 0 Å². The minimum atomic E-state index is -0.106. The van der Waals surface area contributed by atoms with E-state index >= 15 is 0 Å². The lowest BCUT2D eigenvalue weighted by molar-refractivity contribution is 0.475. The van der Waals surface area contributed by atoms with Crippen LogP contribution in [-0.4, -0.2) is 15.1 Å². The molecule has 0 fully saturated rings.